The van der Waals surface area contributed by atoms with Gasteiger partial charge in [0.2, 0.25) is 0 Å². The lowest BCUT2D eigenvalue weighted by molar-refractivity contribution is -0.142. The van der Waals surface area contributed by atoms with Gasteiger partial charge in [-0.15, -0.1) is 0 Å². The van der Waals surface area contributed by atoms with E-state index in [0.29, 0.717) is 24.6 Å². The molecule has 1 aliphatic rings. The van der Waals surface area contributed by atoms with Crippen LogP contribution in [0.4, 0.5) is 10.5 Å². The maximum atomic E-state index is 12.3. The molecule has 0 spiro atoms. The number of methoxy groups -OCH3 is 1. The van der Waals surface area contributed by atoms with Gasteiger partial charge in [0.1, 0.15) is 5.75 Å². The molecule has 0 bridgehead atoms. The molecule has 0 saturated carbocycles. The van der Waals surface area contributed by atoms with E-state index in [1.54, 1.807) is 12.1 Å². The van der Waals surface area contributed by atoms with Crippen molar-refractivity contribution in [3.05, 3.63) is 36.4 Å². The Bertz CT molecular complexity index is 771. The van der Waals surface area contributed by atoms with Gasteiger partial charge in [-0.3, -0.25) is 4.84 Å². The maximum absolute atomic E-state index is 12.3. The van der Waals surface area contributed by atoms with Crippen LogP contribution in [0, 0.1) is 0 Å². The molecule has 1 saturated heterocycles. The molecule has 25 heavy (non-hydrogen) atoms. The van der Waals surface area contributed by atoms with E-state index in [2.05, 4.69) is 10.1 Å². The Balaban J connectivity index is 1.82. The number of nitrogens with zero attached hydrogens (tertiary/aromatic N) is 1. The van der Waals surface area contributed by atoms with Crippen LogP contribution in [0.5, 0.6) is 5.75 Å². The molecule has 3 rings (SSSR count). The summed E-state index contributed by atoms with van der Waals surface area (Å²) in [6.45, 7) is 0.951. The van der Waals surface area contributed by atoms with Crippen LogP contribution in [0.15, 0.2) is 36.4 Å². The summed E-state index contributed by atoms with van der Waals surface area (Å²) in [4.78, 5) is 29.0. The van der Waals surface area contributed by atoms with Crippen LogP contribution < -0.4 is 10.1 Å². The largest absolute Gasteiger partial charge is 0.481 e. The Hall–Kier alpha value is -2.80. The van der Waals surface area contributed by atoms with E-state index in [9.17, 15) is 9.59 Å². The third-order valence-electron chi connectivity index (χ3n) is 3.93. The molecule has 132 valence electrons. The van der Waals surface area contributed by atoms with E-state index in [0.717, 1.165) is 23.6 Å². The molecule has 1 N–H and O–H groups in total. The molecule has 0 aliphatic carbocycles. The highest BCUT2D eigenvalue weighted by Gasteiger charge is 2.19. The first-order valence-electron chi connectivity index (χ1n) is 8.12. The average Bonchev–Trinajstić information content (AvgIpc) is 2.67. The fourth-order valence-corrected chi connectivity index (χ4v) is 2.64. The predicted octanol–water partition coefficient (Wildman–Crippen LogP) is 2.95. The highest BCUT2D eigenvalue weighted by molar-refractivity contribution is 6.03. The van der Waals surface area contributed by atoms with Gasteiger partial charge >= 0.3 is 12.0 Å². The first kappa shape index (κ1) is 17.0. The van der Waals surface area contributed by atoms with E-state index in [1.165, 1.54) is 12.2 Å². The van der Waals surface area contributed by atoms with Crippen molar-refractivity contribution in [2.45, 2.75) is 12.8 Å². The predicted molar refractivity (Wildman–Crippen MR) is 92.4 cm³/mol. The zero-order valence-electron chi connectivity index (χ0n) is 14.0. The normalized spacial score (nSPS) is 14.2. The number of urea groups is 1. The molecule has 0 radical (unpaired) electrons. The quantitative estimate of drug-likeness (QED) is 0.863. The number of hydrogen-bond donors (Lipinski definition) is 1. The standard InChI is InChI=1S/C18H20N2O5/c1-23-17(21)12-24-16-9-8-15(13-6-2-3-7-14(13)16)19-18(22)20-10-4-5-11-25-20/h2-3,6-9H,4-5,10-12H2,1H3,(H,19,22). The SMILES string of the molecule is COC(=O)COc1ccc(NC(=O)N2CCCCO2)c2ccccc12. The van der Waals surface area contributed by atoms with E-state index < -0.39 is 5.97 Å². The van der Waals surface area contributed by atoms with Gasteiger partial charge in [0.15, 0.2) is 6.61 Å². The number of carbonyl (C=O) groups is 2. The first-order chi connectivity index (χ1) is 12.2. The number of ether oxygens (including phenoxy) is 2. The highest BCUT2D eigenvalue weighted by atomic mass is 16.7. The number of hydrogen-bond acceptors (Lipinski definition) is 5. The number of carbonyl (C=O) groups excluding carboxylic acids is 2. The molecule has 0 aromatic heterocycles. The number of anilines is 1. The maximum Gasteiger partial charge on any atom is 0.345 e. The highest BCUT2D eigenvalue weighted by Crippen LogP contribution is 2.32. The molecule has 2 aromatic carbocycles. The van der Waals surface area contributed by atoms with Gasteiger partial charge in [0.25, 0.3) is 0 Å². The number of rotatable bonds is 4. The first-order valence-corrected chi connectivity index (χ1v) is 8.12. The van der Waals surface area contributed by atoms with Crippen molar-refractivity contribution >= 4 is 28.5 Å². The minimum absolute atomic E-state index is 0.173. The van der Waals surface area contributed by atoms with Gasteiger partial charge in [0, 0.05) is 10.8 Å². The van der Waals surface area contributed by atoms with Crippen molar-refractivity contribution in [1.29, 1.82) is 0 Å². The van der Waals surface area contributed by atoms with Crippen LogP contribution in [0.25, 0.3) is 10.8 Å². The summed E-state index contributed by atoms with van der Waals surface area (Å²) in [5.74, 6) is 0.0944. The molecular weight excluding hydrogens is 324 g/mol. The fourth-order valence-electron chi connectivity index (χ4n) is 2.64. The third-order valence-corrected chi connectivity index (χ3v) is 3.93. The van der Waals surface area contributed by atoms with E-state index >= 15 is 0 Å². The Kier molecular flexibility index (Phi) is 5.35. The number of amides is 2. The van der Waals surface area contributed by atoms with Crippen molar-refractivity contribution in [1.82, 2.24) is 5.06 Å². The van der Waals surface area contributed by atoms with Crippen LogP contribution in [-0.2, 0) is 14.4 Å². The Morgan fingerprint density at radius 1 is 1.16 bits per heavy atom. The Morgan fingerprint density at radius 3 is 2.68 bits per heavy atom. The summed E-state index contributed by atoms with van der Waals surface area (Å²) in [5.41, 5.74) is 0.653. The summed E-state index contributed by atoms with van der Waals surface area (Å²) in [5, 5.41) is 5.83. The zero-order chi connectivity index (χ0) is 17.6. The van der Waals surface area contributed by atoms with Crippen molar-refractivity contribution in [2.75, 3.05) is 32.2 Å². The van der Waals surface area contributed by atoms with Crippen LogP contribution in [0.1, 0.15) is 12.8 Å². The number of benzene rings is 2. The van der Waals surface area contributed by atoms with Crippen LogP contribution in [0.3, 0.4) is 0 Å². The van der Waals surface area contributed by atoms with E-state index in [4.69, 9.17) is 9.57 Å². The second-order valence-corrected chi connectivity index (χ2v) is 5.59. The molecule has 1 fully saturated rings. The van der Waals surface area contributed by atoms with Crippen molar-refractivity contribution in [3.63, 3.8) is 0 Å². The van der Waals surface area contributed by atoms with E-state index in [-0.39, 0.29) is 12.6 Å². The third kappa shape index (κ3) is 4.00. The van der Waals surface area contributed by atoms with Crippen LogP contribution in [0.2, 0.25) is 0 Å². The second kappa shape index (κ2) is 7.85. The van der Waals surface area contributed by atoms with Gasteiger partial charge < -0.3 is 14.8 Å². The van der Waals surface area contributed by atoms with Crippen LogP contribution in [-0.4, -0.2) is 43.9 Å². The molecule has 2 amide bonds. The zero-order valence-corrected chi connectivity index (χ0v) is 14.0. The minimum atomic E-state index is -0.455. The second-order valence-electron chi connectivity index (χ2n) is 5.59. The molecule has 1 aliphatic heterocycles. The van der Waals surface area contributed by atoms with Gasteiger partial charge in [0.05, 0.1) is 25.9 Å². The van der Waals surface area contributed by atoms with Gasteiger partial charge in [-0.2, -0.15) is 0 Å². The summed E-state index contributed by atoms with van der Waals surface area (Å²) >= 11 is 0. The van der Waals surface area contributed by atoms with Crippen molar-refractivity contribution in [2.24, 2.45) is 0 Å². The van der Waals surface area contributed by atoms with E-state index in [1.807, 2.05) is 24.3 Å². The van der Waals surface area contributed by atoms with Crippen molar-refractivity contribution in [3.8, 4) is 5.75 Å². The van der Waals surface area contributed by atoms with Crippen molar-refractivity contribution < 1.29 is 23.9 Å². The monoisotopic (exact) mass is 344 g/mol. The van der Waals surface area contributed by atoms with Gasteiger partial charge in [-0.05, 0) is 25.0 Å². The minimum Gasteiger partial charge on any atom is -0.481 e. The lowest BCUT2D eigenvalue weighted by Crippen LogP contribution is -2.38. The molecule has 7 heteroatoms. The van der Waals surface area contributed by atoms with Gasteiger partial charge in [-0.25, -0.2) is 14.7 Å². The average molecular weight is 344 g/mol. The molecule has 7 nitrogen and oxygen atoms in total. The van der Waals surface area contributed by atoms with Crippen LogP contribution >= 0.6 is 0 Å². The fraction of sp³-hybridized carbons (Fsp3) is 0.333. The number of fused-ring (bicyclic) bond motifs is 1. The Morgan fingerprint density at radius 2 is 1.96 bits per heavy atom. The summed E-state index contributed by atoms with van der Waals surface area (Å²) in [6.07, 6.45) is 1.88. The number of hydroxylamine groups is 2. The lowest BCUT2D eigenvalue weighted by Gasteiger charge is -2.26. The smallest absolute Gasteiger partial charge is 0.345 e. The number of nitrogens with one attached hydrogen (secondary N) is 1. The summed E-state index contributed by atoms with van der Waals surface area (Å²) in [7, 11) is 1.31. The Labute approximate surface area is 145 Å². The molecule has 2 aromatic rings. The number of esters is 1. The van der Waals surface area contributed by atoms with Gasteiger partial charge in [-0.1, -0.05) is 24.3 Å². The molecule has 0 unspecified atom stereocenters. The molecular formula is C18H20N2O5. The summed E-state index contributed by atoms with van der Waals surface area (Å²) in [6, 6.07) is 10.7. The summed E-state index contributed by atoms with van der Waals surface area (Å²) < 4.78 is 10.1. The molecule has 0 atom stereocenters. The lowest BCUT2D eigenvalue weighted by atomic mass is 10.1. The topological polar surface area (TPSA) is 77.1 Å². The molecule has 1 heterocycles.